The van der Waals surface area contributed by atoms with Crippen LogP contribution in [-0.4, -0.2) is 60.0 Å². The highest BCUT2D eigenvalue weighted by molar-refractivity contribution is 7.79. The van der Waals surface area contributed by atoms with Gasteiger partial charge in [0.1, 0.15) is 23.7 Å². The maximum absolute atomic E-state index is 10.7. The summed E-state index contributed by atoms with van der Waals surface area (Å²) >= 11 is 12.6. The van der Waals surface area contributed by atoms with Gasteiger partial charge in [-0.05, 0) is 50.2 Å². The Morgan fingerprint density at radius 2 is 1.09 bits per heavy atom. The van der Waals surface area contributed by atoms with Crippen molar-refractivity contribution >= 4 is 67.5 Å². The molecule has 16 nitrogen and oxygen atoms in total. The number of benzene rings is 2. The number of pyridine rings is 2. The lowest BCUT2D eigenvalue weighted by molar-refractivity contribution is -0.138. The third-order valence-electron chi connectivity index (χ3n) is 7.17. The van der Waals surface area contributed by atoms with Gasteiger partial charge in [-0.2, -0.15) is 8.42 Å². The zero-order valence-electron chi connectivity index (χ0n) is 27.9. The highest BCUT2D eigenvalue weighted by atomic mass is 35.5. The first kappa shape index (κ1) is 40.4. The highest BCUT2D eigenvalue weighted by Crippen LogP contribution is 2.36. The Morgan fingerprint density at radius 3 is 1.42 bits per heavy atom. The molecule has 4 aromatic heterocycles. The Kier molecular flexibility index (Phi) is 14.1. The summed E-state index contributed by atoms with van der Waals surface area (Å²) in [5.41, 5.74) is 3.71. The summed E-state index contributed by atoms with van der Waals surface area (Å²) in [4.78, 5) is 29.9. The van der Waals surface area contributed by atoms with Crippen LogP contribution in [0, 0.1) is 0 Å². The molecule has 0 unspecified atom stereocenters. The topological polar surface area (TPSA) is 245 Å². The summed E-state index contributed by atoms with van der Waals surface area (Å²) in [5.74, 6) is -0.853. The molecule has 280 valence electrons. The van der Waals surface area contributed by atoms with Crippen LogP contribution in [0.25, 0.3) is 21.9 Å². The van der Waals surface area contributed by atoms with Crippen molar-refractivity contribution in [2.45, 2.75) is 51.7 Å². The Labute approximate surface area is 311 Å². The number of hydrogen-bond donors (Lipinski definition) is 4. The van der Waals surface area contributed by atoms with Crippen molar-refractivity contribution in [3.8, 4) is 11.5 Å². The third kappa shape index (κ3) is 12.4. The molecule has 6 rings (SSSR count). The number of nitrogens with zero attached hydrogens (tertiary/aromatic N) is 4. The largest absolute Gasteiger partial charge is 0.483 e. The van der Waals surface area contributed by atoms with Gasteiger partial charge < -0.3 is 28.7 Å². The van der Waals surface area contributed by atoms with Crippen LogP contribution in [0.15, 0.2) is 82.1 Å². The minimum atomic E-state index is -4.67. The number of carboxylic acid groups (broad SMARTS) is 2. The second-order valence-electron chi connectivity index (χ2n) is 11.1. The average Bonchev–Trinajstić information content (AvgIpc) is 3.69. The zero-order valence-corrected chi connectivity index (χ0v) is 30.2. The maximum atomic E-state index is 10.7. The van der Waals surface area contributed by atoms with Crippen molar-refractivity contribution in [2.24, 2.45) is 0 Å². The lowest BCUT2D eigenvalue weighted by Crippen LogP contribution is -2.05. The van der Waals surface area contributed by atoms with E-state index in [0.717, 1.165) is 11.4 Å². The number of aryl methyl sites for hydroxylation is 2. The van der Waals surface area contributed by atoms with Gasteiger partial charge in [0.2, 0.25) is 0 Å². The molecule has 0 aliphatic carbocycles. The van der Waals surface area contributed by atoms with E-state index in [9.17, 15) is 9.59 Å². The molecule has 19 heteroatoms. The molecule has 6 aromatic rings. The van der Waals surface area contributed by atoms with Gasteiger partial charge in [0.15, 0.2) is 11.2 Å². The Balaban J connectivity index is 0.000000210. The van der Waals surface area contributed by atoms with Crippen LogP contribution in [-0.2, 0) is 32.8 Å². The summed E-state index contributed by atoms with van der Waals surface area (Å²) in [6, 6.07) is 17.9. The van der Waals surface area contributed by atoms with E-state index < -0.39 is 22.3 Å². The normalized spacial score (nSPS) is 12.2. The van der Waals surface area contributed by atoms with Gasteiger partial charge in [-0.25, -0.2) is 0 Å². The number of carboxylic acids is 2. The number of hydrogen-bond acceptors (Lipinski definition) is 12. The van der Waals surface area contributed by atoms with E-state index in [2.05, 4.69) is 20.3 Å². The smallest absolute Gasteiger partial charge is 0.394 e. The number of rotatable bonds is 12. The van der Waals surface area contributed by atoms with Crippen molar-refractivity contribution in [1.29, 1.82) is 0 Å². The van der Waals surface area contributed by atoms with E-state index in [1.54, 1.807) is 36.7 Å². The summed E-state index contributed by atoms with van der Waals surface area (Å²) in [6.45, 7) is 3.75. The van der Waals surface area contributed by atoms with Gasteiger partial charge in [-0.1, -0.05) is 45.6 Å². The number of aliphatic carboxylic acids is 2. The molecular weight excluding hydrogens is 759 g/mol. The molecule has 2 atom stereocenters. The first-order valence-electron chi connectivity index (χ1n) is 15.5. The first-order valence-corrected chi connectivity index (χ1v) is 17.7. The van der Waals surface area contributed by atoms with Crippen molar-refractivity contribution in [1.82, 2.24) is 20.3 Å². The Bertz CT molecular complexity index is 2120. The zero-order chi connectivity index (χ0) is 38.7. The van der Waals surface area contributed by atoms with E-state index >= 15 is 0 Å². The molecule has 4 heterocycles. The molecule has 0 spiro atoms. The molecule has 0 saturated heterocycles. The number of aromatic nitrogens is 4. The standard InChI is InChI=1S/2C17H15ClN2O4.H2O4S/c2*1-10(13-4-2-3-7-19-13)23-16-9-15-11(8-12(16)18)14(20-24-15)5-6-17(21)22;1-5(2,3)4/h2*2-4,7-10H,5-6H2,1H3,(H,21,22);(H2,1,2,3,4)/t2*10-;/m11./s1. The van der Waals surface area contributed by atoms with Crippen LogP contribution in [0.4, 0.5) is 0 Å². The summed E-state index contributed by atoms with van der Waals surface area (Å²) in [5, 5.41) is 27.6. The van der Waals surface area contributed by atoms with Crippen LogP contribution >= 0.6 is 23.2 Å². The quantitative estimate of drug-likeness (QED) is 0.0881. The van der Waals surface area contributed by atoms with E-state index in [1.165, 1.54) is 0 Å². The maximum Gasteiger partial charge on any atom is 0.394 e. The minimum Gasteiger partial charge on any atom is -0.483 e. The van der Waals surface area contributed by atoms with Gasteiger partial charge in [0, 0.05) is 48.1 Å². The van der Waals surface area contributed by atoms with Crippen LogP contribution < -0.4 is 9.47 Å². The second kappa shape index (κ2) is 18.4. The lowest BCUT2D eigenvalue weighted by atomic mass is 10.1. The third-order valence-corrected chi connectivity index (χ3v) is 7.76. The molecule has 0 radical (unpaired) electrons. The monoisotopic (exact) mass is 790 g/mol. The highest BCUT2D eigenvalue weighted by Gasteiger charge is 2.18. The number of ether oxygens (including phenoxy) is 2. The number of fused-ring (bicyclic) bond motifs is 2. The molecule has 0 saturated carbocycles. The van der Waals surface area contributed by atoms with Crippen LogP contribution in [0.1, 0.15) is 61.7 Å². The summed E-state index contributed by atoms with van der Waals surface area (Å²) in [7, 11) is -4.67. The molecule has 0 bridgehead atoms. The number of carbonyl (C=O) groups is 2. The predicted molar refractivity (Wildman–Crippen MR) is 191 cm³/mol. The van der Waals surface area contributed by atoms with Crippen LogP contribution in [0.3, 0.4) is 0 Å². The second-order valence-corrected chi connectivity index (χ2v) is 12.8. The fourth-order valence-corrected chi connectivity index (χ4v) is 5.12. The van der Waals surface area contributed by atoms with Crippen LogP contribution in [0.5, 0.6) is 11.5 Å². The molecule has 0 aliphatic rings. The lowest BCUT2D eigenvalue weighted by Gasteiger charge is -2.15. The fourth-order valence-electron chi connectivity index (χ4n) is 4.70. The van der Waals surface area contributed by atoms with Crippen molar-refractivity contribution < 1.29 is 55.8 Å². The predicted octanol–water partition coefficient (Wildman–Crippen LogP) is 7.41. The first-order chi connectivity index (χ1) is 25.1. The Hall–Kier alpha value is -5.33. The minimum absolute atomic E-state index is 0.0196. The van der Waals surface area contributed by atoms with Gasteiger partial charge in [0.25, 0.3) is 0 Å². The molecule has 0 aliphatic heterocycles. The van der Waals surface area contributed by atoms with Crippen molar-refractivity contribution in [2.75, 3.05) is 0 Å². The van der Waals surface area contributed by atoms with Crippen molar-refractivity contribution in [3.63, 3.8) is 0 Å². The fraction of sp³-hybridized carbons (Fsp3) is 0.235. The molecular formula is C34H32Cl2N4O12S. The van der Waals surface area contributed by atoms with Gasteiger partial charge >= 0.3 is 22.3 Å². The molecule has 0 fully saturated rings. The molecule has 53 heavy (non-hydrogen) atoms. The van der Waals surface area contributed by atoms with E-state index in [-0.39, 0.29) is 37.9 Å². The SMILES string of the molecule is C[C@@H](Oc1cc2onc(CCC(=O)O)c2cc1Cl)c1ccccn1.C[C@@H](Oc1cc2onc(CCC(=O)O)c2cc1Cl)c1ccccn1.O=S(=O)(O)O. The van der Waals surface area contributed by atoms with Gasteiger partial charge in [-0.3, -0.25) is 28.7 Å². The van der Waals surface area contributed by atoms with Gasteiger partial charge in [0.05, 0.1) is 45.7 Å². The Morgan fingerprint density at radius 1 is 0.717 bits per heavy atom. The molecule has 0 amide bonds. The molecule has 2 aromatic carbocycles. The van der Waals surface area contributed by atoms with E-state index in [4.69, 9.17) is 69.5 Å². The van der Waals surface area contributed by atoms with E-state index in [0.29, 0.717) is 54.9 Å². The van der Waals surface area contributed by atoms with Crippen LogP contribution in [0.2, 0.25) is 10.0 Å². The summed E-state index contributed by atoms with van der Waals surface area (Å²) in [6.07, 6.45) is 3.36. The number of halogens is 2. The average molecular weight is 792 g/mol. The van der Waals surface area contributed by atoms with Crippen molar-refractivity contribution in [3.05, 3.63) is 106 Å². The molecule has 4 N–H and O–H groups in total. The van der Waals surface area contributed by atoms with E-state index in [1.807, 2.05) is 50.2 Å². The van der Waals surface area contributed by atoms with Gasteiger partial charge in [-0.15, -0.1) is 0 Å². The summed E-state index contributed by atoms with van der Waals surface area (Å²) < 4.78 is 53.9.